The highest BCUT2D eigenvalue weighted by atomic mass is 27.1. The number of carbonyl (C=O) groups is 1. The number of rotatable bonds is 1. The normalized spacial score (nSPS) is 5.00. The summed E-state index contributed by atoms with van der Waals surface area (Å²) in [7, 11) is 0. The highest BCUT2D eigenvalue weighted by molar-refractivity contribution is 6.01. The fourth-order valence-electron chi connectivity index (χ4n) is 0. The molecular weight excluding hydrogens is 71.0 g/mol. The summed E-state index contributed by atoms with van der Waals surface area (Å²) in [4.78, 5) is 8.99. The van der Waals surface area contributed by atoms with E-state index in [1.54, 1.807) is 0 Å². The molecule has 0 rings (SSSR count). The van der Waals surface area contributed by atoms with Gasteiger partial charge in [-0.15, -0.1) is 0 Å². The molecule has 0 aliphatic heterocycles. The second-order valence-corrected chi connectivity index (χ2v) is 0.803. The van der Waals surface area contributed by atoms with Gasteiger partial charge in [-0.25, -0.2) is 0 Å². The molecule has 0 amide bonds. The molecule has 0 aromatic carbocycles. The van der Waals surface area contributed by atoms with Crippen LogP contribution in [0.5, 0.6) is 0 Å². The maximum absolute atomic E-state index is 8.99. The summed E-state index contributed by atoms with van der Waals surface area (Å²) in [5.74, 6) is 0. The van der Waals surface area contributed by atoms with Crippen molar-refractivity contribution in [2.45, 2.75) is 0 Å². The molecule has 22 valence electrons. The van der Waals surface area contributed by atoms with Crippen molar-refractivity contribution >= 4 is 23.1 Å². The van der Waals surface area contributed by atoms with Crippen molar-refractivity contribution < 1.29 is 8.58 Å². The predicted octanol–water partition coefficient (Wildman–Crippen LogP) is -1.29. The van der Waals surface area contributed by atoms with E-state index in [9.17, 15) is 0 Å². The molecular formula is CH3AlO2. The first kappa shape index (κ1) is 4.00. The smallest absolute Gasteiger partial charge is 0.499 e. The van der Waals surface area contributed by atoms with Crippen molar-refractivity contribution in [2.24, 2.45) is 0 Å². The Bertz CT molecular complexity index is 20.0. The molecule has 4 heavy (non-hydrogen) atoms. The Balaban J connectivity index is 2.30. The molecule has 0 unspecified atom stereocenters. The van der Waals surface area contributed by atoms with E-state index < -0.39 is 0 Å². The summed E-state index contributed by atoms with van der Waals surface area (Å²) < 4.78 is 4.00. The number of hydrogen-bond donors (Lipinski definition) is 0. The lowest BCUT2D eigenvalue weighted by molar-refractivity contribution is -0.120. The van der Waals surface area contributed by atoms with Gasteiger partial charge >= 0.3 is 16.6 Å². The Kier molecular flexibility index (Phi) is 3.00. The highest BCUT2D eigenvalue weighted by Gasteiger charge is 1.48. The summed E-state index contributed by atoms with van der Waals surface area (Å²) in [6.07, 6.45) is 0. The largest absolute Gasteiger partial charge is 0.624 e. The summed E-state index contributed by atoms with van der Waals surface area (Å²) >= 11 is 0.522. The van der Waals surface area contributed by atoms with Gasteiger partial charge in [-0.1, -0.05) is 0 Å². The van der Waals surface area contributed by atoms with E-state index in [4.69, 9.17) is 4.79 Å². The van der Waals surface area contributed by atoms with Crippen LogP contribution in [-0.4, -0.2) is 23.1 Å². The van der Waals surface area contributed by atoms with Crippen molar-refractivity contribution in [3.63, 3.8) is 0 Å². The summed E-state index contributed by atoms with van der Waals surface area (Å²) in [6, 6.07) is 0. The SMILES string of the molecule is O=C[O][AlH2]. The quantitative estimate of drug-likeness (QED) is 0.285. The van der Waals surface area contributed by atoms with E-state index in [-0.39, 0.29) is 0 Å². The van der Waals surface area contributed by atoms with E-state index in [0.29, 0.717) is 23.1 Å². The zero-order valence-corrected chi connectivity index (χ0v) is 4.39. The minimum atomic E-state index is 0.437. The molecule has 0 bridgehead atoms. The van der Waals surface area contributed by atoms with Crippen molar-refractivity contribution in [3.8, 4) is 0 Å². The van der Waals surface area contributed by atoms with Crippen molar-refractivity contribution in [1.29, 1.82) is 0 Å². The minimum Gasteiger partial charge on any atom is -0.624 e. The molecule has 0 aromatic rings. The van der Waals surface area contributed by atoms with Crippen LogP contribution in [-0.2, 0) is 8.58 Å². The topological polar surface area (TPSA) is 26.3 Å². The zero-order valence-electron chi connectivity index (χ0n) is 2.39. The van der Waals surface area contributed by atoms with Crippen molar-refractivity contribution in [1.82, 2.24) is 0 Å². The fraction of sp³-hybridized carbons (Fsp3) is 0. The molecule has 0 aromatic heterocycles. The summed E-state index contributed by atoms with van der Waals surface area (Å²) in [5, 5.41) is 0. The van der Waals surface area contributed by atoms with Crippen LogP contribution in [0, 0.1) is 0 Å². The van der Waals surface area contributed by atoms with Crippen LogP contribution < -0.4 is 0 Å². The second kappa shape index (κ2) is 3.00. The minimum absolute atomic E-state index is 0.437. The maximum atomic E-state index is 8.99. The first-order valence-corrected chi connectivity index (χ1v) is 1.70. The zero-order chi connectivity index (χ0) is 3.41. The lowest BCUT2D eigenvalue weighted by atomic mass is 11.7. The summed E-state index contributed by atoms with van der Waals surface area (Å²) in [6.45, 7) is 0.437. The molecule has 0 aliphatic carbocycles. The van der Waals surface area contributed by atoms with Gasteiger partial charge in [-0.3, -0.25) is 4.79 Å². The first-order valence-electron chi connectivity index (χ1n) is 0.880. The van der Waals surface area contributed by atoms with Crippen LogP contribution in [0.4, 0.5) is 0 Å². The molecule has 0 atom stereocenters. The monoisotopic (exact) mass is 74.0 g/mol. The number of hydrogen-bond acceptors (Lipinski definition) is 2. The van der Waals surface area contributed by atoms with Gasteiger partial charge < -0.3 is 3.79 Å². The Labute approximate surface area is 32.5 Å². The van der Waals surface area contributed by atoms with Crippen molar-refractivity contribution in [3.05, 3.63) is 0 Å². The van der Waals surface area contributed by atoms with Crippen molar-refractivity contribution in [2.75, 3.05) is 0 Å². The molecule has 2 nitrogen and oxygen atoms in total. The molecule has 0 aliphatic rings. The lowest BCUT2D eigenvalue weighted by Gasteiger charge is -1.70. The third-order valence-electron chi connectivity index (χ3n) is 0.0962. The molecule has 0 radical (unpaired) electrons. The van der Waals surface area contributed by atoms with Gasteiger partial charge in [0.1, 0.15) is 0 Å². The highest BCUT2D eigenvalue weighted by Crippen LogP contribution is 1.32. The van der Waals surface area contributed by atoms with Gasteiger partial charge in [-0.2, -0.15) is 0 Å². The predicted molar refractivity (Wildman–Crippen MR) is 15.7 cm³/mol. The Morgan fingerprint density at radius 2 is 2.25 bits per heavy atom. The van der Waals surface area contributed by atoms with Gasteiger partial charge in [0.2, 0.25) is 0 Å². The third kappa shape index (κ3) is 2.00. The first-order chi connectivity index (χ1) is 1.91. The standard InChI is InChI=1S/CH2O2.Al.2H/c2-1-3;;;/h1H,(H,2,3);;;/q;+1;;/p-1. The fourth-order valence-corrected chi connectivity index (χ4v) is 0. The molecule has 0 spiro atoms. The van der Waals surface area contributed by atoms with Gasteiger partial charge in [0.05, 0.1) is 0 Å². The second-order valence-electron chi connectivity index (χ2n) is 0.332. The maximum Gasteiger partial charge on any atom is 0.499 e. The number of carbonyl (C=O) groups excluding carboxylic acids is 1. The van der Waals surface area contributed by atoms with E-state index >= 15 is 0 Å². The van der Waals surface area contributed by atoms with Crippen LogP contribution in [0.2, 0.25) is 0 Å². The van der Waals surface area contributed by atoms with E-state index in [1.807, 2.05) is 0 Å². The molecule has 0 fully saturated rings. The molecule has 0 saturated carbocycles. The van der Waals surface area contributed by atoms with Gasteiger partial charge in [0.15, 0.2) is 0 Å². The average molecular weight is 74.0 g/mol. The van der Waals surface area contributed by atoms with E-state index in [2.05, 4.69) is 3.79 Å². The van der Waals surface area contributed by atoms with Crippen LogP contribution in [0.15, 0.2) is 0 Å². The van der Waals surface area contributed by atoms with Gasteiger partial charge in [-0.05, 0) is 0 Å². The van der Waals surface area contributed by atoms with E-state index in [0.717, 1.165) is 0 Å². The Hall–Kier alpha value is 0.00247. The molecule has 0 saturated heterocycles. The van der Waals surface area contributed by atoms with Gasteiger partial charge in [0.25, 0.3) is 6.47 Å². The van der Waals surface area contributed by atoms with Crippen LogP contribution in [0.25, 0.3) is 0 Å². The molecule has 3 heteroatoms. The lowest BCUT2D eigenvalue weighted by Crippen LogP contribution is -1.71. The Morgan fingerprint density at radius 1 is 2.00 bits per heavy atom. The van der Waals surface area contributed by atoms with E-state index in [1.165, 1.54) is 0 Å². The average Bonchev–Trinajstić information content (AvgIpc) is 1.37. The Morgan fingerprint density at radius 3 is 2.25 bits per heavy atom. The summed E-state index contributed by atoms with van der Waals surface area (Å²) in [5.41, 5.74) is 0. The van der Waals surface area contributed by atoms with Gasteiger partial charge in [0, 0.05) is 0 Å². The van der Waals surface area contributed by atoms with Crippen LogP contribution >= 0.6 is 0 Å². The molecule has 0 heterocycles. The third-order valence-corrected chi connectivity index (χ3v) is 0.289. The van der Waals surface area contributed by atoms with Crippen LogP contribution in [0.3, 0.4) is 0 Å². The van der Waals surface area contributed by atoms with Crippen LogP contribution in [0.1, 0.15) is 0 Å². The molecule has 0 N–H and O–H groups in total.